The lowest BCUT2D eigenvalue weighted by Gasteiger charge is -2.06. The second-order valence-corrected chi connectivity index (χ2v) is 10.1. The summed E-state index contributed by atoms with van der Waals surface area (Å²) in [5.41, 5.74) is 3.23. The van der Waals surface area contributed by atoms with Gasteiger partial charge in [0.05, 0.1) is 0 Å². The van der Waals surface area contributed by atoms with Gasteiger partial charge in [-0.2, -0.15) is 0 Å². The fourth-order valence-electron chi connectivity index (χ4n) is 4.85. The van der Waals surface area contributed by atoms with Gasteiger partial charge in [0.1, 0.15) is 18.8 Å². The summed E-state index contributed by atoms with van der Waals surface area (Å²) in [4.78, 5) is 0. The van der Waals surface area contributed by atoms with E-state index in [9.17, 15) is 5.11 Å². The van der Waals surface area contributed by atoms with Gasteiger partial charge in [-0.25, -0.2) is 9.13 Å². The van der Waals surface area contributed by atoms with Crippen LogP contribution in [0.3, 0.4) is 0 Å². The Kier molecular flexibility index (Phi) is 8.08. The second-order valence-electron chi connectivity index (χ2n) is 9.40. The van der Waals surface area contributed by atoms with Crippen LogP contribution in [0.25, 0.3) is 33.7 Å². The molecule has 0 saturated heterocycles. The molecule has 0 radical (unpaired) electrons. The van der Waals surface area contributed by atoms with Crippen LogP contribution < -0.4 is 21.5 Å². The van der Waals surface area contributed by atoms with Gasteiger partial charge >= 0.3 is 0 Å². The van der Waals surface area contributed by atoms with Gasteiger partial charge in [0, 0.05) is 6.08 Å². The minimum atomic E-state index is 0. The highest BCUT2D eigenvalue weighted by molar-refractivity contribution is 6.40. The molecule has 0 atom stereocenters. The summed E-state index contributed by atoms with van der Waals surface area (Å²) in [7, 11) is 0. The highest BCUT2D eigenvalue weighted by Gasteiger charge is 2.27. The standard InChI is InChI=1S/C33H24Cl2N2O.BrH/c34-32-33(35)37(22-25-10-15-27-6-2-4-8-29(27)20-25)31(18-13-23-11-16-30(38)17-12-23)36(32)21-24-9-14-26-5-1-3-7-28(26)19-24;/h1-20H,21-22H2;1H. The zero-order valence-electron chi connectivity index (χ0n) is 20.9. The first-order valence-corrected chi connectivity index (χ1v) is 13.2. The maximum absolute atomic E-state index is 9.68. The molecule has 0 spiro atoms. The molecule has 6 heteroatoms. The minimum absolute atomic E-state index is 0. The Bertz CT molecular complexity index is 1700. The summed E-state index contributed by atoms with van der Waals surface area (Å²) >= 11 is 13.8. The highest BCUT2D eigenvalue weighted by atomic mass is 79.9. The third-order valence-electron chi connectivity index (χ3n) is 6.82. The first-order chi connectivity index (χ1) is 18.5. The number of nitrogens with zero attached hydrogens (tertiary/aromatic N) is 2. The van der Waals surface area contributed by atoms with E-state index in [0.717, 1.165) is 22.5 Å². The van der Waals surface area contributed by atoms with E-state index < -0.39 is 0 Å². The number of phenolic OH excluding ortho intramolecular Hbond substituents is 1. The molecular weight excluding hydrogens is 591 g/mol. The van der Waals surface area contributed by atoms with Gasteiger partial charge in [-0.15, -0.1) is 0 Å². The maximum atomic E-state index is 9.68. The van der Waals surface area contributed by atoms with Crippen LogP contribution in [0.15, 0.2) is 109 Å². The van der Waals surface area contributed by atoms with Gasteiger partial charge in [-0.3, -0.25) is 0 Å². The number of aromatic nitrogens is 2. The molecule has 0 bridgehead atoms. The van der Waals surface area contributed by atoms with Crippen LogP contribution in [0.2, 0.25) is 10.3 Å². The molecule has 0 aliphatic carbocycles. The fourth-order valence-corrected chi connectivity index (χ4v) is 5.34. The smallest absolute Gasteiger partial charge is 0.284 e. The molecule has 6 rings (SSSR count). The number of imidazole rings is 1. The zero-order chi connectivity index (χ0) is 26.1. The van der Waals surface area contributed by atoms with Crippen molar-refractivity contribution in [2.24, 2.45) is 0 Å². The normalized spacial score (nSPS) is 11.3. The molecule has 0 saturated carbocycles. The van der Waals surface area contributed by atoms with E-state index in [4.69, 9.17) is 23.2 Å². The fraction of sp³-hybridized carbons (Fsp3) is 0.0606. The van der Waals surface area contributed by atoms with E-state index in [1.54, 1.807) is 12.1 Å². The summed E-state index contributed by atoms with van der Waals surface area (Å²) in [6, 6.07) is 36.7. The van der Waals surface area contributed by atoms with E-state index >= 15 is 0 Å². The number of hydrogen-bond acceptors (Lipinski definition) is 1. The summed E-state index contributed by atoms with van der Waals surface area (Å²) in [5.74, 6) is 1.12. The maximum Gasteiger partial charge on any atom is 0.284 e. The number of halogens is 3. The molecule has 1 heterocycles. The molecule has 0 aliphatic heterocycles. The van der Waals surface area contributed by atoms with Gasteiger partial charge in [-0.1, -0.05) is 84.9 Å². The van der Waals surface area contributed by atoms with Crippen LogP contribution in [0.1, 0.15) is 22.5 Å². The van der Waals surface area contributed by atoms with Crippen molar-refractivity contribution in [1.82, 2.24) is 4.57 Å². The van der Waals surface area contributed by atoms with E-state index in [2.05, 4.69) is 72.8 Å². The molecule has 39 heavy (non-hydrogen) atoms. The topological polar surface area (TPSA) is 29.0 Å². The average molecular weight is 616 g/mol. The predicted molar refractivity (Wildman–Crippen MR) is 158 cm³/mol. The third-order valence-corrected chi connectivity index (χ3v) is 7.69. The Balaban J connectivity index is 0.00000308. The summed E-state index contributed by atoms with van der Waals surface area (Å²) in [5, 5.41) is 15.4. The Morgan fingerprint density at radius 1 is 0.667 bits per heavy atom. The highest BCUT2D eigenvalue weighted by Crippen LogP contribution is 2.26. The Morgan fingerprint density at radius 2 is 1.23 bits per heavy atom. The molecule has 0 amide bonds. The number of aromatic hydroxyl groups is 1. The molecule has 6 aromatic rings. The van der Waals surface area contributed by atoms with Crippen molar-refractivity contribution in [1.29, 1.82) is 0 Å². The van der Waals surface area contributed by atoms with Gasteiger partial charge in [0.2, 0.25) is 0 Å². The van der Waals surface area contributed by atoms with Crippen molar-refractivity contribution in [3.8, 4) is 5.75 Å². The van der Waals surface area contributed by atoms with Crippen LogP contribution in [-0.4, -0.2) is 9.67 Å². The van der Waals surface area contributed by atoms with Crippen molar-refractivity contribution < 1.29 is 26.7 Å². The first kappa shape index (κ1) is 27.0. The largest absolute Gasteiger partial charge is 1.00 e. The second kappa shape index (κ2) is 11.7. The van der Waals surface area contributed by atoms with Crippen molar-refractivity contribution in [3.63, 3.8) is 0 Å². The number of fused-ring (bicyclic) bond motifs is 2. The minimum Gasteiger partial charge on any atom is -1.00 e. The Labute approximate surface area is 247 Å². The molecule has 5 aromatic carbocycles. The summed E-state index contributed by atoms with van der Waals surface area (Å²) in [6.45, 7) is 1.15. The van der Waals surface area contributed by atoms with Gasteiger partial charge < -0.3 is 22.1 Å². The van der Waals surface area contributed by atoms with Crippen LogP contribution in [0, 0.1) is 0 Å². The van der Waals surface area contributed by atoms with Gasteiger partial charge in [-0.05, 0) is 91.8 Å². The zero-order valence-corrected chi connectivity index (χ0v) is 24.0. The van der Waals surface area contributed by atoms with Crippen molar-refractivity contribution >= 4 is 56.9 Å². The molecule has 194 valence electrons. The SMILES string of the molecule is Oc1ccc(/C=C/c2n(Cc3ccc4ccccc4c3)c(Cl)c(Cl)[n+]2Cc2ccc3ccccc3c2)cc1.[Br-]. The van der Waals surface area contributed by atoms with E-state index in [0.29, 0.717) is 23.4 Å². The van der Waals surface area contributed by atoms with Crippen molar-refractivity contribution in [2.45, 2.75) is 13.1 Å². The van der Waals surface area contributed by atoms with E-state index in [1.165, 1.54) is 21.5 Å². The van der Waals surface area contributed by atoms with Gasteiger partial charge in [0.25, 0.3) is 16.1 Å². The number of phenols is 1. The molecule has 1 N–H and O–H groups in total. The lowest BCUT2D eigenvalue weighted by Crippen LogP contribution is -3.00. The van der Waals surface area contributed by atoms with Gasteiger partial charge in [0.15, 0.2) is 0 Å². The molecule has 0 unspecified atom stereocenters. The monoisotopic (exact) mass is 614 g/mol. The Morgan fingerprint density at radius 3 is 1.87 bits per heavy atom. The molecule has 1 aromatic heterocycles. The lowest BCUT2D eigenvalue weighted by molar-refractivity contribution is -0.687. The molecule has 0 fully saturated rings. The quantitative estimate of drug-likeness (QED) is 0.251. The average Bonchev–Trinajstić information content (AvgIpc) is 3.16. The van der Waals surface area contributed by atoms with Crippen LogP contribution >= 0.6 is 23.2 Å². The van der Waals surface area contributed by atoms with Crippen LogP contribution in [0.5, 0.6) is 5.75 Å². The van der Waals surface area contributed by atoms with Crippen molar-refractivity contribution in [2.75, 3.05) is 0 Å². The lowest BCUT2D eigenvalue weighted by atomic mass is 10.1. The van der Waals surface area contributed by atoms with Crippen LogP contribution in [0.4, 0.5) is 0 Å². The number of rotatable bonds is 6. The van der Waals surface area contributed by atoms with Crippen molar-refractivity contribution in [3.05, 3.63) is 142 Å². The first-order valence-electron chi connectivity index (χ1n) is 12.4. The molecular formula is C33H25BrCl2N2O. The molecule has 3 nitrogen and oxygen atoms in total. The summed E-state index contributed by atoms with van der Waals surface area (Å²) in [6.07, 6.45) is 4.04. The van der Waals surface area contributed by atoms with E-state index in [1.807, 2.05) is 45.6 Å². The third kappa shape index (κ3) is 5.74. The molecule has 0 aliphatic rings. The number of benzene rings is 5. The predicted octanol–water partition coefficient (Wildman–Crippen LogP) is 5.37. The number of hydrogen-bond donors (Lipinski definition) is 1. The van der Waals surface area contributed by atoms with E-state index in [-0.39, 0.29) is 22.7 Å². The Hall–Kier alpha value is -3.57. The van der Waals surface area contributed by atoms with Crippen LogP contribution in [-0.2, 0) is 13.1 Å². The summed E-state index contributed by atoms with van der Waals surface area (Å²) < 4.78 is 4.10.